The van der Waals surface area contributed by atoms with Crippen LogP contribution in [-0.4, -0.2) is 24.2 Å². The number of amides is 1. The van der Waals surface area contributed by atoms with Crippen LogP contribution in [0, 0.1) is 5.92 Å². The van der Waals surface area contributed by atoms with Gasteiger partial charge >= 0.3 is 0 Å². The summed E-state index contributed by atoms with van der Waals surface area (Å²) in [5.74, 6) is 0.899. The molecule has 0 bridgehead atoms. The van der Waals surface area contributed by atoms with Gasteiger partial charge in [0, 0.05) is 12.1 Å². The van der Waals surface area contributed by atoms with Crippen LogP contribution in [0.1, 0.15) is 31.1 Å². The molecule has 0 aromatic heterocycles. The predicted molar refractivity (Wildman–Crippen MR) is 80.5 cm³/mol. The minimum atomic E-state index is -0.235. The Morgan fingerprint density at radius 1 is 1.42 bits per heavy atom. The van der Waals surface area contributed by atoms with Gasteiger partial charge in [-0.15, -0.1) is 0 Å². The van der Waals surface area contributed by atoms with Crippen molar-refractivity contribution in [2.75, 3.05) is 13.2 Å². The summed E-state index contributed by atoms with van der Waals surface area (Å²) >= 11 is 4.97. The van der Waals surface area contributed by atoms with Crippen LogP contribution in [0.5, 0.6) is 5.75 Å². The number of ether oxygens (including phenoxy) is 1. The molecule has 0 radical (unpaired) electrons. The van der Waals surface area contributed by atoms with Crippen LogP contribution in [0.4, 0.5) is 0 Å². The minimum absolute atomic E-state index is 0.235. The van der Waals surface area contributed by atoms with E-state index in [-0.39, 0.29) is 5.91 Å². The summed E-state index contributed by atoms with van der Waals surface area (Å²) in [6, 6.07) is 7.07. The molecule has 4 nitrogen and oxygen atoms in total. The molecule has 2 N–H and O–H groups in total. The van der Waals surface area contributed by atoms with Crippen molar-refractivity contribution in [3.8, 4) is 5.75 Å². The second kappa shape index (κ2) is 7.74. The standard InChI is InChI=1S/C14H20N2O2S/c1-4-15-14(19)16-13(17)11-6-5-7-12(8-11)18-9-10(2)3/h5-8,10H,4,9H2,1-3H3,(H2,15,16,17,19). The smallest absolute Gasteiger partial charge is 0.257 e. The van der Waals surface area contributed by atoms with Crippen LogP contribution in [-0.2, 0) is 0 Å². The lowest BCUT2D eigenvalue weighted by atomic mass is 10.2. The molecule has 1 amide bonds. The second-order valence-corrected chi connectivity index (χ2v) is 4.95. The normalized spacial score (nSPS) is 10.1. The van der Waals surface area contributed by atoms with Crippen molar-refractivity contribution < 1.29 is 9.53 Å². The fourth-order valence-electron chi connectivity index (χ4n) is 1.37. The van der Waals surface area contributed by atoms with Gasteiger partial charge in [-0.05, 0) is 43.3 Å². The van der Waals surface area contributed by atoms with E-state index < -0.39 is 0 Å². The molecule has 0 heterocycles. The Morgan fingerprint density at radius 2 is 2.16 bits per heavy atom. The zero-order valence-corrected chi connectivity index (χ0v) is 12.3. The molecule has 1 aromatic rings. The Kier molecular flexibility index (Phi) is 6.29. The summed E-state index contributed by atoms with van der Waals surface area (Å²) in [5.41, 5.74) is 0.529. The summed E-state index contributed by atoms with van der Waals surface area (Å²) in [6.45, 7) is 7.37. The first-order valence-electron chi connectivity index (χ1n) is 6.35. The van der Waals surface area contributed by atoms with E-state index in [4.69, 9.17) is 17.0 Å². The molecule has 0 saturated heterocycles. The molecule has 0 aliphatic carbocycles. The fraction of sp³-hybridized carbons (Fsp3) is 0.429. The van der Waals surface area contributed by atoms with Gasteiger partial charge in [-0.25, -0.2) is 0 Å². The molecule has 1 aromatic carbocycles. The summed E-state index contributed by atoms with van der Waals surface area (Å²) in [7, 11) is 0. The van der Waals surface area contributed by atoms with Gasteiger partial charge in [0.25, 0.3) is 5.91 Å². The maximum Gasteiger partial charge on any atom is 0.257 e. The molecule has 19 heavy (non-hydrogen) atoms. The lowest BCUT2D eigenvalue weighted by Crippen LogP contribution is -2.39. The number of carbonyl (C=O) groups is 1. The third-order valence-electron chi connectivity index (χ3n) is 2.24. The van der Waals surface area contributed by atoms with E-state index in [1.54, 1.807) is 18.2 Å². The first-order chi connectivity index (χ1) is 9.02. The predicted octanol–water partition coefficient (Wildman–Crippen LogP) is 2.35. The van der Waals surface area contributed by atoms with Crippen molar-refractivity contribution in [2.45, 2.75) is 20.8 Å². The van der Waals surface area contributed by atoms with Gasteiger partial charge in [-0.1, -0.05) is 19.9 Å². The highest BCUT2D eigenvalue weighted by molar-refractivity contribution is 7.80. The van der Waals surface area contributed by atoms with E-state index in [0.29, 0.717) is 35.5 Å². The third-order valence-corrected chi connectivity index (χ3v) is 2.49. The minimum Gasteiger partial charge on any atom is -0.493 e. The average molecular weight is 280 g/mol. The number of carbonyl (C=O) groups excluding carboxylic acids is 1. The van der Waals surface area contributed by atoms with E-state index >= 15 is 0 Å². The molecule has 0 atom stereocenters. The zero-order valence-electron chi connectivity index (χ0n) is 11.5. The van der Waals surface area contributed by atoms with Gasteiger partial charge in [-0.3, -0.25) is 10.1 Å². The van der Waals surface area contributed by atoms with Crippen LogP contribution in [0.25, 0.3) is 0 Å². The number of nitrogens with one attached hydrogen (secondary N) is 2. The van der Waals surface area contributed by atoms with Crippen molar-refractivity contribution in [2.24, 2.45) is 5.92 Å². The molecule has 104 valence electrons. The Morgan fingerprint density at radius 3 is 2.79 bits per heavy atom. The van der Waals surface area contributed by atoms with Gasteiger partial charge in [0.2, 0.25) is 0 Å². The number of hydrogen-bond donors (Lipinski definition) is 2. The molecule has 0 unspecified atom stereocenters. The number of thiocarbonyl (C=S) groups is 1. The lowest BCUT2D eigenvalue weighted by molar-refractivity contribution is 0.0976. The fourth-order valence-corrected chi connectivity index (χ4v) is 1.61. The first-order valence-corrected chi connectivity index (χ1v) is 6.75. The topological polar surface area (TPSA) is 50.4 Å². The van der Waals surface area contributed by atoms with Crippen molar-refractivity contribution >= 4 is 23.2 Å². The summed E-state index contributed by atoms with van der Waals surface area (Å²) in [6.07, 6.45) is 0. The van der Waals surface area contributed by atoms with Gasteiger partial charge in [0.1, 0.15) is 5.75 Å². The molecule has 0 spiro atoms. The first kappa shape index (κ1) is 15.4. The van der Waals surface area contributed by atoms with E-state index in [9.17, 15) is 4.79 Å². The molecular weight excluding hydrogens is 260 g/mol. The van der Waals surface area contributed by atoms with Crippen LogP contribution >= 0.6 is 12.2 Å². The van der Waals surface area contributed by atoms with Gasteiger partial charge < -0.3 is 10.1 Å². The Balaban J connectivity index is 2.65. The third kappa shape index (κ3) is 5.70. The summed E-state index contributed by atoms with van der Waals surface area (Å²) < 4.78 is 5.58. The highest BCUT2D eigenvalue weighted by atomic mass is 32.1. The van der Waals surface area contributed by atoms with Crippen LogP contribution in [0.3, 0.4) is 0 Å². The molecule has 5 heteroatoms. The summed E-state index contributed by atoms with van der Waals surface area (Å²) in [4.78, 5) is 11.9. The number of rotatable bonds is 5. The highest BCUT2D eigenvalue weighted by Gasteiger charge is 2.08. The SMILES string of the molecule is CCNC(=S)NC(=O)c1cccc(OCC(C)C)c1. The van der Waals surface area contributed by atoms with E-state index in [2.05, 4.69) is 24.5 Å². The molecule has 0 aliphatic heterocycles. The van der Waals surface area contributed by atoms with Gasteiger partial charge in [-0.2, -0.15) is 0 Å². The van der Waals surface area contributed by atoms with Crippen molar-refractivity contribution in [1.29, 1.82) is 0 Å². The average Bonchev–Trinajstić information content (AvgIpc) is 2.37. The van der Waals surface area contributed by atoms with Gasteiger partial charge in [0.15, 0.2) is 5.11 Å². The maximum atomic E-state index is 11.9. The van der Waals surface area contributed by atoms with E-state index in [1.165, 1.54) is 0 Å². The largest absolute Gasteiger partial charge is 0.493 e. The van der Waals surface area contributed by atoms with Crippen molar-refractivity contribution in [1.82, 2.24) is 10.6 Å². The highest BCUT2D eigenvalue weighted by Crippen LogP contribution is 2.14. The lowest BCUT2D eigenvalue weighted by Gasteiger charge is -2.11. The molecule has 0 aliphatic rings. The van der Waals surface area contributed by atoms with Crippen LogP contribution in [0.15, 0.2) is 24.3 Å². The quantitative estimate of drug-likeness (QED) is 0.813. The second-order valence-electron chi connectivity index (χ2n) is 4.55. The van der Waals surface area contributed by atoms with E-state index in [1.807, 2.05) is 13.0 Å². The Bertz CT molecular complexity index is 447. The van der Waals surface area contributed by atoms with E-state index in [0.717, 1.165) is 0 Å². The monoisotopic (exact) mass is 280 g/mol. The molecule has 0 saturated carbocycles. The summed E-state index contributed by atoms with van der Waals surface area (Å²) in [5, 5.41) is 5.82. The maximum absolute atomic E-state index is 11.9. The molecule has 1 rings (SSSR count). The number of benzene rings is 1. The number of hydrogen-bond acceptors (Lipinski definition) is 3. The molecular formula is C14H20N2O2S. The van der Waals surface area contributed by atoms with Crippen molar-refractivity contribution in [3.63, 3.8) is 0 Å². The zero-order chi connectivity index (χ0) is 14.3. The Labute approximate surface area is 119 Å². The van der Waals surface area contributed by atoms with Crippen molar-refractivity contribution in [3.05, 3.63) is 29.8 Å². The molecule has 0 fully saturated rings. The van der Waals surface area contributed by atoms with Crippen LogP contribution in [0.2, 0.25) is 0 Å². The van der Waals surface area contributed by atoms with Gasteiger partial charge in [0.05, 0.1) is 6.61 Å². The Hall–Kier alpha value is -1.62. The van der Waals surface area contributed by atoms with Crippen LogP contribution < -0.4 is 15.4 Å².